The van der Waals surface area contributed by atoms with Crippen molar-refractivity contribution in [3.05, 3.63) is 39.1 Å². The minimum Gasteiger partial charge on any atom is -0.462 e. The third kappa shape index (κ3) is 3.50. The minimum absolute atomic E-state index is 0.00488. The number of H-pyrrole nitrogens is 1. The van der Waals surface area contributed by atoms with Gasteiger partial charge in [0.05, 0.1) is 22.8 Å². The number of anilines is 1. The van der Waals surface area contributed by atoms with Gasteiger partial charge in [0, 0.05) is 37.8 Å². The first-order valence-electron chi connectivity index (χ1n) is 8.54. The summed E-state index contributed by atoms with van der Waals surface area (Å²) >= 11 is 6.45. The molecule has 1 aliphatic heterocycles. The third-order valence-electron chi connectivity index (χ3n) is 4.60. The van der Waals surface area contributed by atoms with Crippen LogP contribution in [0.5, 0.6) is 0 Å². The molecule has 2 heterocycles. The van der Waals surface area contributed by atoms with Crippen molar-refractivity contribution in [1.29, 1.82) is 0 Å². The average Bonchev–Trinajstić information content (AvgIpc) is 2.62. The summed E-state index contributed by atoms with van der Waals surface area (Å²) in [5.74, 6) is -0.624. The van der Waals surface area contributed by atoms with Gasteiger partial charge < -0.3 is 19.5 Å². The number of carbonyl (C=O) groups is 1. The van der Waals surface area contributed by atoms with Crippen molar-refractivity contribution < 1.29 is 9.53 Å². The number of fused-ring (bicyclic) bond motifs is 1. The lowest BCUT2D eigenvalue weighted by atomic mass is 10.1. The van der Waals surface area contributed by atoms with Crippen molar-refractivity contribution >= 4 is 34.2 Å². The lowest BCUT2D eigenvalue weighted by Gasteiger charge is -2.36. The molecule has 0 amide bonds. The van der Waals surface area contributed by atoms with E-state index in [9.17, 15) is 9.59 Å². The number of esters is 1. The Labute approximate surface area is 151 Å². The molecular formula is C18H22ClN3O3. The molecular weight excluding hydrogens is 342 g/mol. The number of piperazine rings is 1. The largest absolute Gasteiger partial charge is 0.462 e. The smallest absolute Gasteiger partial charge is 0.343 e. The van der Waals surface area contributed by atoms with Gasteiger partial charge in [-0.2, -0.15) is 0 Å². The normalized spacial score (nSPS) is 15.6. The van der Waals surface area contributed by atoms with Crippen molar-refractivity contribution in [3.63, 3.8) is 0 Å². The molecule has 1 aromatic heterocycles. The first kappa shape index (κ1) is 17.8. The van der Waals surface area contributed by atoms with Crippen LogP contribution in [0.25, 0.3) is 10.9 Å². The molecule has 0 aliphatic carbocycles. The monoisotopic (exact) mass is 363 g/mol. The molecule has 1 fully saturated rings. The predicted octanol–water partition coefficient (Wildman–Crippen LogP) is 2.50. The molecule has 1 aliphatic rings. The van der Waals surface area contributed by atoms with E-state index in [1.807, 2.05) is 6.07 Å². The maximum Gasteiger partial charge on any atom is 0.343 e. The topological polar surface area (TPSA) is 65.6 Å². The Kier molecular flexibility index (Phi) is 5.30. The Morgan fingerprint density at radius 3 is 2.60 bits per heavy atom. The van der Waals surface area contributed by atoms with Crippen molar-refractivity contribution in [3.8, 4) is 0 Å². The summed E-state index contributed by atoms with van der Waals surface area (Å²) < 4.78 is 4.92. The first-order valence-corrected chi connectivity index (χ1v) is 8.92. The van der Waals surface area contributed by atoms with E-state index in [2.05, 4.69) is 21.7 Å². The molecule has 0 bridgehead atoms. The Morgan fingerprint density at radius 1 is 1.24 bits per heavy atom. The van der Waals surface area contributed by atoms with Crippen molar-refractivity contribution in [2.45, 2.75) is 13.8 Å². The van der Waals surface area contributed by atoms with Gasteiger partial charge in [-0.1, -0.05) is 18.5 Å². The highest BCUT2D eigenvalue weighted by molar-refractivity contribution is 6.34. The van der Waals surface area contributed by atoms with Crippen molar-refractivity contribution in [2.75, 3.05) is 44.2 Å². The molecule has 0 unspecified atom stereocenters. The number of hydrogen-bond donors (Lipinski definition) is 1. The lowest BCUT2D eigenvalue weighted by molar-refractivity contribution is 0.0524. The summed E-state index contributed by atoms with van der Waals surface area (Å²) in [5, 5.41) is 0.912. The molecule has 1 N–H and O–H groups in total. The molecule has 0 saturated carbocycles. The van der Waals surface area contributed by atoms with Crippen molar-refractivity contribution in [1.82, 2.24) is 9.88 Å². The van der Waals surface area contributed by atoms with E-state index in [0.29, 0.717) is 15.9 Å². The van der Waals surface area contributed by atoms with Crippen LogP contribution in [0.2, 0.25) is 5.02 Å². The van der Waals surface area contributed by atoms with Gasteiger partial charge in [0.15, 0.2) is 0 Å². The van der Waals surface area contributed by atoms with Crippen molar-refractivity contribution in [2.24, 2.45) is 0 Å². The van der Waals surface area contributed by atoms with Gasteiger partial charge in [0.25, 0.3) is 0 Å². The van der Waals surface area contributed by atoms with E-state index >= 15 is 0 Å². The zero-order chi connectivity index (χ0) is 18.0. The van der Waals surface area contributed by atoms with Crippen LogP contribution < -0.4 is 10.3 Å². The zero-order valence-corrected chi connectivity index (χ0v) is 15.2. The SMILES string of the molecule is CCOC(=O)c1c[nH]c2cc(N3CCN(CC)CC3)c(Cl)cc2c1=O. The predicted molar refractivity (Wildman–Crippen MR) is 99.9 cm³/mol. The number of rotatable bonds is 4. The number of hydrogen-bond acceptors (Lipinski definition) is 5. The summed E-state index contributed by atoms with van der Waals surface area (Å²) in [6.45, 7) is 8.89. The Morgan fingerprint density at radius 2 is 1.96 bits per heavy atom. The van der Waals surface area contributed by atoms with Gasteiger partial charge >= 0.3 is 5.97 Å². The van der Waals surface area contributed by atoms with Gasteiger partial charge in [-0.05, 0) is 25.6 Å². The molecule has 0 spiro atoms. The van der Waals surface area contributed by atoms with Crippen LogP contribution in [-0.2, 0) is 4.74 Å². The number of nitrogens with one attached hydrogen (secondary N) is 1. The molecule has 0 atom stereocenters. The fraction of sp³-hybridized carbons (Fsp3) is 0.444. The number of aromatic amines is 1. The molecule has 134 valence electrons. The maximum atomic E-state index is 12.6. The van der Waals surface area contributed by atoms with E-state index in [4.69, 9.17) is 16.3 Å². The van der Waals surface area contributed by atoms with E-state index in [1.165, 1.54) is 6.20 Å². The number of likely N-dealkylation sites (N-methyl/N-ethyl adjacent to an activating group) is 1. The lowest BCUT2D eigenvalue weighted by Crippen LogP contribution is -2.46. The van der Waals surface area contributed by atoms with Crippen LogP contribution in [0.4, 0.5) is 5.69 Å². The molecule has 3 rings (SSSR count). The third-order valence-corrected chi connectivity index (χ3v) is 4.91. The van der Waals surface area contributed by atoms with Gasteiger partial charge in [-0.15, -0.1) is 0 Å². The fourth-order valence-electron chi connectivity index (χ4n) is 3.14. The van der Waals surface area contributed by atoms with Crippen LogP contribution in [0, 0.1) is 0 Å². The zero-order valence-electron chi connectivity index (χ0n) is 14.5. The highest BCUT2D eigenvalue weighted by Crippen LogP contribution is 2.30. The van der Waals surface area contributed by atoms with Crippen LogP contribution in [0.15, 0.2) is 23.1 Å². The average molecular weight is 364 g/mol. The second-order valence-corrected chi connectivity index (χ2v) is 6.43. The molecule has 7 heteroatoms. The Hall–Kier alpha value is -2.05. The van der Waals surface area contributed by atoms with E-state index in [1.54, 1.807) is 13.0 Å². The summed E-state index contributed by atoms with van der Waals surface area (Å²) in [4.78, 5) is 32.1. The second kappa shape index (κ2) is 7.45. The van der Waals surface area contributed by atoms with Crippen LogP contribution in [-0.4, -0.2) is 55.2 Å². The molecule has 0 radical (unpaired) electrons. The molecule has 1 aromatic carbocycles. The highest BCUT2D eigenvalue weighted by Gasteiger charge is 2.20. The van der Waals surface area contributed by atoms with Crippen LogP contribution >= 0.6 is 11.6 Å². The van der Waals surface area contributed by atoms with Gasteiger partial charge in [0.2, 0.25) is 5.43 Å². The molecule has 6 nitrogen and oxygen atoms in total. The standard InChI is InChI=1S/C18H22ClN3O3/c1-3-21-5-7-22(8-6-21)16-10-15-12(9-14(16)19)17(23)13(11-20-15)18(24)25-4-2/h9-11H,3-8H2,1-2H3,(H,20,23). The first-order chi connectivity index (χ1) is 12.0. The Balaban J connectivity index is 1.96. The van der Waals surface area contributed by atoms with Crippen LogP contribution in [0.3, 0.4) is 0 Å². The van der Waals surface area contributed by atoms with E-state index in [-0.39, 0.29) is 17.6 Å². The number of carbonyl (C=O) groups excluding carboxylic acids is 1. The number of pyridine rings is 1. The molecule has 25 heavy (non-hydrogen) atoms. The Bertz CT molecular complexity index is 841. The summed E-state index contributed by atoms with van der Waals surface area (Å²) in [5.41, 5.74) is 1.20. The van der Waals surface area contributed by atoms with Crippen LogP contribution in [0.1, 0.15) is 24.2 Å². The minimum atomic E-state index is -0.624. The number of aromatic nitrogens is 1. The quantitative estimate of drug-likeness (QED) is 0.845. The summed E-state index contributed by atoms with van der Waals surface area (Å²) in [7, 11) is 0. The molecule has 1 saturated heterocycles. The van der Waals surface area contributed by atoms with E-state index < -0.39 is 5.97 Å². The van der Waals surface area contributed by atoms with Gasteiger partial charge in [-0.25, -0.2) is 4.79 Å². The van der Waals surface area contributed by atoms with Gasteiger partial charge in [-0.3, -0.25) is 4.79 Å². The fourth-order valence-corrected chi connectivity index (χ4v) is 3.42. The number of nitrogens with zero attached hydrogens (tertiary/aromatic N) is 2. The highest BCUT2D eigenvalue weighted by atomic mass is 35.5. The molecule has 2 aromatic rings. The second-order valence-electron chi connectivity index (χ2n) is 6.02. The number of ether oxygens (including phenoxy) is 1. The summed E-state index contributed by atoms with van der Waals surface area (Å²) in [6.07, 6.45) is 1.41. The number of halogens is 1. The maximum absolute atomic E-state index is 12.6. The summed E-state index contributed by atoms with van der Waals surface area (Å²) in [6, 6.07) is 3.52. The number of benzene rings is 1. The van der Waals surface area contributed by atoms with Gasteiger partial charge in [0.1, 0.15) is 5.56 Å². The van der Waals surface area contributed by atoms with E-state index in [0.717, 1.165) is 38.4 Å².